The van der Waals surface area contributed by atoms with E-state index < -0.39 is 9.84 Å². The minimum absolute atomic E-state index is 0.00704. The van der Waals surface area contributed by atoms with Gasteiger partial charge in [-0.05, 0) is 54.3 Å². The summed E-state index contributed by atoms with van der Waals surface area (Å²) in [5.41, 5.74) is 2.70. The number of hydrogen-bond donors (Lipinski definition) is 0. The predicted molar refractivity (Wildman–Crippen MR) is 143 cm³/mol. The normalized spacial score (nSPS) is 11.7. The Labute approximate surface area is 222 Å². The molecule has 0 spiro atoms. The lowest BCUT2D eigenvalue weighted by Crippen LogP contribution is -2.31. The number of carbonyl (C=O) groups excluding carboxylic acids is 1. The Bertz CT molecular complexity index is 1480. The molecule has 0 aliphatic carbocycles. The van der Waals surface area contributed by atoms with E-state index in [1.165, 1.54) is 0 Å². The first-order valence-corrected chi connectivity index (χ1v) is 14.1. The van der Waals surface area contributed by atoms with E-state index in [-0.39, 0.29) is 35.8 Å². The van der Waals surface area contributed by atoms with Gasteiger partial charge in [0.2, 0.25) is 15.0 Å². The van der Waals surface area contributed by atoms with E-state index >= 15 is 0 Å². The molecule has 4 aromatic rings. The van der Waals surface area contributed by atoms with Crippen molar-refractivity contribution in [2.75, 3.05) is 0 Å². The standard InChI is InChI=1S/C28H30ClN3O4S/c1-20(2)16-32-25(15-30-28(32)37(34,35)19-23-9-5-4-8-21(23)3)17-31(18-26-12-7-13-36-26)27(33)22-10-6-11-24(29)14-22/h4-15,20H,16-19H2,1-3H3. The summed E-state index contributed by atoms with van der Waals surface area (Å²) >= 11 is 6.14. The van der Waals surface area contributed by atoms with Crippen molar-refractivity contribution in [3.8, 4) is 0 Å². The third kappa shape index (κ3) is 6.50. The van der Waals surface area contributed by atoms with Gasteiger partial charge in [0.25, 0.3) is 5.91 Å². The molecule has 2 aromatic heterocycles. The molecule has 1 amide bonds. The summed E-state index contributed by atoms with van der Waals surface area (Å²) in [7, 11) is -3.74. The number of carbonyl (C=O) groups is 1. The van der Waals surface area contributed by atoms with Crippen molar-refractivity contribution in [2.24, 2.45) is 5.92 Å². The second kappa shape index (κ2) is 11.4. The van der Waals surface area contributed by atoms with Crippen molar-refractivity contribution in [3.63, 3.8) is 0 Å². The molecule has 0 saturated carbocycles. The van der Waals surface area contributed by atoms with Gasteiger partial charge in [-0.1, -0.05) is 55.8 Å². The van der Waals surface area contributed by atoms with Gasteiger partial charge in [-0.2, -0.15) is 0 Å². The highest BCUT2D eigenvalue weighted by Crippen LogP contribution is 2.23. The van der Waals surface area contributed by atoms with Gasteiger partial charge in [0.15, 0.2) is 0 Å². The minimum Gasteiger partial charge on any atom is -0.467 e. The molecule has 0 saturated heterocycles. The monoisotopic (exact) mass is 539 g/mol. The van der Waals surface area contributed by atoms with E-state index in [4.69, 9.17) is 16.0 Å². The number of sulfone groups is 1. The first-order chi connectivity index (χ1) is 17.6. The molecule has 0 fully saturated rings. The SMILES string of the molecule is Cc1ccccc1CS(=O)(=O)c1ncc(CN(Cc2ccco2)C(=O)c2cccc(Cl)c2)n1CC(C)C. The van der Waals surface area contributed by atoms with Crippen molar-refractivity contribution in [3.05, 3.63) is 106 Å². The lowest BCUT2D eigenvalue weighted by atomic mass is 10.1. The summed E-state index contributed by atoms with van der Waals surface area (Å²) in [6.07, 6.45) is 3.10. The van der Waals surface area contributed by atoms with Crippen LogP contribution in [0.2, 0.25) is 5.02 Å². The van der Waals surface area contributed by atoms with Gasteiger partial charge in [-0.15, -0.1) is 0 Å². The number of furan rings is 1. The average molecular weight is 540 g/mol. The van der Waals surface area contributed by atoms with E-state index in [9.17, 15) is 13.2 Å². The second-order valence-electron chi connectivity index (χ2n) is 9.47. The highest BCUT2D eigenvalue weighted by atomic mass is 35.5. The van der Waals surface area contributed by atoms with Crippen LogP contribution in [0.1, 0.15) is 46.8 Å². The molecule has 37 heavy (non-hydrogen) atoms. The van der Waals surface area contributed by atoms with E-state index in [0.29, 0.717) is 28.6 Å². The molecule has 0 bridgehead atoms. The van der Waals surface area contributed by atoms with Gasteiger partial charge in [0.05, 0.1) is 37.0 Å². The summed E-state index contributed by atoms with van der Waals surface area (Å²) in [6.45, 7) is 6.71. The zero-order chi connectivity index (χ0) is 26.6. The molecule has 0 N–H and O–H groups in total. The smallest absolute Gasteiger partial charge is 0.254 e. The zero-order valence-electron chi connectivity index (χ0n) is 21.1. The summed E-state index contributed by atoms with van der Waals surface area (Å²) in [4.78, 5) is 19.5. The van der Waals surface area contributed by atoms with Crippen molar-refractivity contribution in [1.82, 2.24) is 14.5 Å². The maximum atomic E-state index is 13.5. The third-order valence-corrected chi connectivity index (χ3v) is 7.78. The highest BCUT2D eigenvalue weighted by molar-refractivity contribution is 7.90. The van der Waals surface area contributed by atoms with Gasteiger partial charge in [-0.3, -0.25) is 4.79 Å². The van der Waals surface area contributed by atoms with E-state index in [2.05, 4.69) is 4.98 Å². The highest BCUT2D eigenvalue weighted by Gasteiger charge is 2.27. The maximum absolute atomic E-state index is 13.5. The van der Waals surface area contributed by atoms with E-state index in [1.54, 1.807) is 58.3 Å². The van der Waals surface area contributed by atoms with Crippen molar-refractivity contribution in [2.45, 2.75) is 51.3 Å². The molecule has 0 radical (unpaired) electrons. The van der Waals surface area contributed by atoms with Crippen LogP contribution in [-0.2, 0) is 35.2 Å². The van der Waals surface area contributed by atoms with Crippen LogP contribution in [0.4, 0.5) is 0 Å². The van der Waals surface area contributed by atoms with E-state index in [1.807, 2.05) is 45.0 Å². The van der Waals surface area contributed by atoms with Crippen molar-refractivity contribution >= 4 is 27.3 Å². The Balaban J connectivity index is 1.70. The number of aryl methyl sites for hydroxylation is 1. The molecule has 0 atom stereocenters. The van der Waals surface area contributed by atoms with Gasteiger partial charge in [0.1, 0.15) is 5.76 Å². The first-order valence-electron chi connectivity index (χ1n) is 12.0. The first kappa shape index (κ1) is 26.7. The number of hydrogen-bond acceptors (Lipinski definition) is 5. The molecular formula is C28H30ClN3O4S. The van der Waals surface area contributed by atoms with Gasteiger partial charge in [-0.25, -0.2) is 13.4 Å². The summed E-state index contributed by atoms with van der Waals surface area (Å²) < 4.78 is 34.2. The largest absolute Gasteiger partial charge is 0.467 e. The Morgan fingerprint density at radius 2 is 1.86 bits per heavy atom. The van der Waals surface area contributed by atoms with Crippen molar-refractivity contribution < 1.29 is 17.6 Å². The Morgan fingerprint density at radius 1 is 1.08 bits per heavy atom. The molecule has 9 heteroatoms. The third-order valence-electron chi connectivity index (χ3n) is 5.97. The van der Waals surface area contributed by atoms with Crippen LogP contribution < -0.4 is 0 Å². The van der Waals surface area contributed by atoms with Crippen LogP contribution in [0.15, 0.2) is 82.7 Å². The molecule has 7 nitrogen and oxygen atoms in total. The van der Waals surface area contributed by atoms with Crippen LogP contribution in [0, 0.1) is 12.8 Å². The number of rotatable bonds is 10. The fourth-order valence-electron chi connectivity index (χ4n) is 4.16. The summed E-state index contributed by atoms with van der Waals surface area (Å²) in [6, 6.07) is 17.7. The minimum atomic E-state index is -3.74. The molecule has 2 aromatic carbocycles. The second-order valence-corrected chi connectivity index (χ2v) is 11.8. The van der Waals surface area contributed by atoms with E-state index in [0.717, 1.165) is 11.1 Å². The maximum Gasteiger partial charge on any atom is 0.254 e. The molecule has 0 aliphatic rings. The Hall–Kier alpha value is -3.36. The Kier molecular flexibility index (Phi) is 8.19. The number of benzene rings is 2. The number of nitrogens with zero attached hydrogens (tertiary/aromatic N) is 3. The van der Waals surface area contributed by atoms with Crippen LogP contribution in [0.25, 0.3) is 0 Å². The fraction of sp³-hybridized carbons (Fsp3) is 0.286. The van der Waals surface area contributed by atoms with Crippen LogP contribution >= 0.6 is 11.6 Å². The number of aromatic nitrogens is 2. The summed E-state index contributed by atoms with van der Waals surface area (Å²) in [5, 5.41) is 0.464. The average Bonchev–Trinajstić information content (AvgIpc) is 3.50. The Morgan fingerprint density at radius 3 is 2.54 bits per heavy atom. The molecule has 2 heterocycles. The van der Waals surface area contributed by atoms with Crippen molar-refractivity contribution in [1.29, 1.82) is 0 Å². The number of imidazole rings is 1. The zero-order valence-corrected chi connectivity index (χ0v) is 22.7. The van der Waals surface area contributed by atoms with Crippen LogP contribution in [-0.4, -0.2) is 28.8 Å². The lowest BCUT2D eigenvalue weighted by Gasteiger charge is -2.23. The van der Waals surface area contributed by atoms with Crippen LogP contribution in [0.5, 0.6) is 0 Å². The van der Waals surface area contributed by atoms with Gasteiger partial charge < -0.3 is 13.9 Å². The number of amides is 1. The van der Waals surface area contributed by atoms with Gasteiger partial charge >= 0.3 is 0 Å². The quantitative estimate of drug-likeness (QED) is 0.250. The van der Waals surface area contributed by atoms with Crippen LogP contribution in [0.3, 0.4) is 0 Å². The molecule has 194 valence electrons. The molecule has 0 aliphatic heterocycles. The summed E-state index contributed by atoms with van der Waals surface area (Å²) in [5.74, 6) is 0.368. The molecule has 4 rings (SSSR count). The predicted octanol–water partition coefficient (Wildman–Crippen LogP) is 5.91. The van der Waals surface area contributed by atoms with Gasteiger partial charge in [0, 0.05) is 17.1 Å². The molecular weight excluding hydrogens is 510 g/mol. The topological polar surface area (TPSA) is 85.4 Å². The number of halogens is 1. The molecule has 0 unspecified atom stereocenters. The lowest BCUT2D eigenvalue weighted by molar-refractivity contribution is 0.0712. The fourth-order valence-corrected chi connectivity index (χ4v) is 5.95.